The molecule has 0 aliphatic carbocycles. The summed E-state index contributed by atoms with van der Waals surface area (Å²) in [5.74, 6) is -0.501. The largest absolute Gasteiger partial charge is 0.422 e. The van der Waals surface area contributed by atoms with Crippen molar-refractivity contribution >= 4 is 50.0 Å². The van der Waals surface area contributed by atoms with Crippen LogP contribution in [0.1, 0.15) is 31.8 Å². The van der Waals surface area contributed by atoms with Gasteiger partial charge in [-0.05, 0) is 65.3 Å². The molecule has 146 valence electrons. The number of aryl methyl sites for hydroxylation is 1. The van der Waals surface area contributed by atoms with Gasteiger partial charge in [-0.15, -0.1) is 0 Å². The van der Waals surface area contributed by atoms with Crippen molar-refractivity contribution in [2.24, 2.45) is 5.10 Å². The average molecular weight is 516 g/mol. The van der Waals surface area contributed by atoms with Crippen LogP contribution in [0.3, 0.4) is 0 Å². The summed E-state index contributed by atoms with van der Waals surface area (Å²) < 4.78 is 6.97. The smallest absolute Gasteiger partial charge is 0.343 e. The Hall–Kier alpha value is -2.77. The van der Waals surface area contributed by atoms with E-state index in [1.807, 2.05) is 25.1 Å². The molecule has 0 saturated carbocycles. The maximum Gasteiger partial charge on any atom is 0.343 e. The molecular formula is C22H16Br2N2O3. The molecule has 0 fully saturated rings. The molecule has 3 rings (SSSR count). The number of ether oxygens (including phenoxy) is 1. The zero-order chi connectivity index (χ0) is 20.8. The second-order valence-corrected chi connectivity index (χ2v) is 7.89. The van der Waals surface area contributed by atoms with Crippen molar-refractivity contribution in [1.82, 2.24) is 5.43 Å². The van der Waals surface area contributed by atoms with Crippen LogP contribution in [0.15, 0.2) is 80.8 Å². The highest BCUT2D eigenvalue weighted by atomic mass is 79.9. The number of hydrogen-bond acceptors (Lipinski definition) is 4. The second kappa shape index (κ2) is 9.62. The maximum atomic E-state index is 12.4. The molecule has 0 aliphatic heterocycles. The Morgan fingerprint density at radius 3 is 2.45 bits per heavy atom. The predicted molar refractivity (Wildman–Crippen MR) is 119 cm³/mol. The van der Waals surface area contributed by atoms with Gasteiger partial charge in [0.1, 0.15) is 5.75 Å². The van der Waals surface area contributed by atoms with Crippen molar-refractivity contribution in [3.8, 4) is 5.75 Å². The van der Waals surface area contributed by atoms with Gasteiger partial charge in [0.2, 0.25) is 0 Å². The lowest BCUT2D eigenvalue weighted by atomic mass is 10.1. The lowest BCUT2D eigenvalue weighted by Gasteiger charge is -2.08. The van der Waals surface area contributed by atoms with E-state index < -0.39 is 5.97 Å². The standard InChI is InChI=1S/C22H16Br2N2O3/c1-14-6-8-15(9-7-14)22(28)29-20-11-10-17(23)12-16(20)13-25-26-21(27)18-4-2-3-5-19(18)24/h2-13H,1H3,(H,26,27)/b25-13+. The van der Waals surface area contributed by atoms with Crippen LogP contribution >= 0.6 is 31.9 Å². The quantitative estimate of drug-likeness (QED) is 0.211. The third kappa shape index (κ3) is 5.62. The molecule has 0 spiro atoms. The van der Waals surface area contributed by atoms with E-state index in [1.54, 1.807) is 48.5 Å². The van der Waals surface area contributed by atoms with E-state index in [2.05, 4.69) is 42.4 Å². The van der Waals surface area contributed by atoms with E-state index in [4.69, 9.17) is 4.74 Å². The molecule has 0 aromatic heterocycles. The fraction of sp³-hybridized carbons (Fsp3) is 0.0455. The molecular weight excluding hydrogens is 500 g/mol. The zero-order valence-electron chi connectivity index (χ0n) is 15.4. The van der Waals surface area contributed by atoms with Gasteiger partial charge in [-0.1, -0.05) is 45.8 Å². The number of carbonyl (C=O) groups excluding carboxylic acids is 2. The number of halogens is 2. The van der Waals surface area contributed by atoms with Crippen molar-refractivity contribution in [1.29, 1.82) is 0 Å². The van der Waals surface area contributed by atoms with Crippen LogP contribution in [0.2, 0.25) is 0 Å². The predicted octanol–water partition coefficient (Wildman–Crippen LogP) is 5.50. The highest BCUT2D eigenvalue weighted by Gasteiger charge is 2.12. The van der Waals surface area contributed by atoms with Gasteiger partial charge < -0.3 is 4.74 Å². The monoisotopic (exact) mass is 514 g/mol. The minimum Gasteiger partial charge on any atom is -0.422 e. The number of benzene rings is 3. The second-order valence-electron chi connectivity index (χ2n) is 6.12. The van der Waals surface area contributed by atoms with E-state index >= 15 is 0 Å². The highest BCUT2D eigenvalue weighted by molar-refractivity contribution is 9.10. The summed E-state index contributed by atoms with van der Waals surface area (Å²) in [5.41, 5.74) is 4.97. The Bertz CT molecular complexity index is 1080. The number of hydrogen-bond donors (Lipinski definition) is 1. The molecule has 0 aliphatic rings. The van der Waals surface area contributed by atoms with Crippen LogP contribution in [0.4, 0.5) is 0 Å². The highest BCUT2D eigenvalue weighted by Crippen LogP contribution is 2.23. The van der Waals surface area contributed by atoms with Crippen LogP contribution in [-0.2, 0) is 0 Å². The molecule has 3 aromatic carbocycles. The van der Waals surface area contributed by atoms with Crippen LogP contribution < -0.4 is 10.2 Å². The maximum absolute atomic E-state index is 12.4. The average Bonchev–Trinajstić information content (AvgIpc) is 2.70. The number of hydrazone groups is 1. The van der Waals surface area contributed by atoms with E-state index in [-0.39, 0.29) is 5.91 Å². The third-order valence-corrected chi connectivity index (χ3v) is 5.13. The number of carbonyl (C=O) groups is 2. The topological polar surface area (TPSA) is 67.8 Å². The molecule has 29 heavy (non-hydrogen) atoms. The van der Waals surface area contributed by atoms with Gasteiger partial charge in [0.05, 0.1) is 17.3 Å². The Balaban J connectivity index is 1.75. The third-order valence-electron chi connectivity index (χ3n) is 3.95. The van der Waals surface area contributed by atoms with Crippen molar-refractivity contribution in [3.05, 3.63) is 97.9 Å². The van der Waals surface area contributed by atoms with Gasteiger partial charge in [0.15, 0.2) is 0 Å². The van der Waals surface area contributed by atoms with Gasteiger partial charge in [-0.25, -0.2) is 10.2 Å². The summed E-state index contributed by atoms with van der Waals surface area (Å²) in [5, 5.41) is 3.99. The number of nitrogens with zero attached hydrogens (tertiary/aromatic N) is 1. The SMILES string of the molecule is Cc1ccc(C(=O)Oc2ccc(Br)cc2/C=N/NC(=O)c2ccccc2Br)cc1. The molecule has 0 bridgehead atoms. The van der Waals surface area contributed by atoms with Crippen LogP contribution in [-0.4, -0.2) is 18.1 Å². The first-order valence-electron chi connectivity index (χ1n) is 8.60. The molecule has 0 radical (unpaired) electrons. The lowest BCUT2D eigenvalue weighted by molar-refractivity contribution is 0.0734. The number of rotatable bonds is 5. The van der Waals surface area contributed by atoms with Gasteiger partial charge in [-0.2, -0.15) is 5.10 Å². The summed E-state index contributed by atoms with van der Waals surface area (Å²) in [6, 6.07) is 19.3. The summed E-state index contributed by atoms with van der Waals surface area (Å²) in [6.45, 7) is 1.95. The molecule has 0 heterocycles. The minimum absolute atomic E-state index is 0.331. The van der Waals surface area contributed by atoms with Crippen molar-refractivity contribution in [3.63, 3.8) is 0 Å². The normalized spacial score (nSPS) is 10.7. The molecule has 7 heteroatoms. The Labute approximate surface area is 185 Å². The summed E-state index contributed by atoms with van der Waals surface area (Å²) in [6.07, 6.45) is 1.43. The van der Waals surface area contributed by atoms with E-state index in [9.17, 15) is 9.59 Å². The van der Waals surface area contributed by atoms with Crippen LogP contribution in [0.25, 0.3) is 0 Å². The molecule has 0 atom stereocenters. The van der Waals surface area contributed by atoms with Crippen LogP contribution in [0, 0.1) is 6.92 Å². The van der Waals surface area contributed by atoms with Gasteiger partial charge in [0, 0.05) is 14.5 Å². The summed E-state index contributed by atoms with van der Waals surface area (Å²) in [4.78, 5) is 24.7. The fourth-order valence-corrected chi connectivity index (χ4v) is 3.27. The van der Waals surface area contributed by atoms with Crippen LogP contribution in [0.5, 0.6) is 5.75 Å². The first kappa shape index (κ1) is 21.0. The molecule has 1 amide bonds. The first-order chi connectivity index (χ1) is 13.9. The van der Waals surface area contributed by atoms with Crippen molar-refractivity contribution in [2.45, 2.75) is 6.92 Å². The Kier molecular flexibility index (Phi) is 6.95. The van der Waals surface area contributed by atoms with Gasteiger partial charge in [0.25, 0.3) is 5.91 Å². The van der Waals surface area contributed by atoms with Gasteiger partial charge in [-0.3, -0.25) is 4.79 Å². The molecule has 5 nitrogen and oxygen atoms in total. The van der Waals surface area contributed by atoms with Crippen molar-refractivity contribution in [2.75, 3.05) is 0 Å². The van der Waals surface area contributed by atoms with Crippen molar-refractivity contribution < 1.29 is 14.3 Å². The van der Waals surface area contributed by atoms with Gasteiger partial charge >= 0.3 is 5.97 Å². The summed E-state index contributed by atoms with van der Waals surface area (Å²) in [7, 11) is 0. The Morgan fingerprint density at radius 1 is 1.00 bits per heavy atom. The lowest BCUT2D eigenvalue weighted by Crippen LogP contribution is -2.18. The summed E-state index contributed by atoms with van der Waals surface area (Å²) >= 11 is 6.72. The zero-order valence-corrected chi connectivity index (χ0v) is 18.5. The Morgan fingerprint density at radius 2 is 1.72 bits per heavy atom. The number of amides is 1. The van der Waals surface area contributed by atoms with E-state index in [1.165, 1.54) is 6.21 Å². The van der Waals surface area contributed by atoms with E-state index in [0.29, 0.717) is 26.9 Å². The fourth-order valence-electron chi connectivity index (χ4n) is 2.43. The number of esters is 1. The van der Waals surface area contributed by atoms with E-state index in [0.717, 1.165) is 10.0 Å². The first-order valence-corrected chi connectivity index (χ1v) is 10.2. The molecule has 1 N–H and O–H groups in total. The molecule has 0 saturated heterocycles. The molecule has 3 aromatic rings. The number of nitrogens with one attached hydrogen (secondary N) is 1. The minimum atomic E-state index is -0.473. The molecule has 0 unspecified atom stereocenters.